The number of aryl methyl sites for hydroxylation is 1. The largest absolute Gasteiger partial charge is 0.449 e. The lowest BCUT2D eigenvalue weighted by molar-refractivity contribution is 0.0651. The number of hydrogen-bond donors (Lipinski definition) is 0. The van der Waals surface area contributed by atoms with Crippen molar-refractivity contribution in [3.8, 4) is 22.6 Å². The highest BCUT2D eigenvalue weighted by molar-refractivity contribution is 9.10. The molecule has 224 valence electrons. The van der Waals surface area contributed by atoms with E-state index in [4.69, 9.17) is 19.0 Å². The zero-order chi connectivity index (χ0) is 29.6. The second-order valence-electron chi connectivity index (χ2n) is 11.0. The van der Waals surface area contributed by atoms with Gasteiger partial charge in [0.2, 0.25) is 0 Å². The van der Waals surface area contributed by atoms with Crippen molar-refractivity contribution >= 4 is 54.7 Å². The predicted octanol–water partition coefficient (Wildman–Crippen LogP) is 9.79. The Balaban J connectivity index is 1.58. The SMILES string of the molecule is CCCCCCCCN1C(=O)c2c(c(-c3ccc(Br)o3)c3nn(CCCCCCCC)nc3c2-c2ccc(Br)o2)C1=O. The molecule has 4 heterocycles. The molecule has 0 spiro atoms. The van der Waals surface area contributed by atoms with E-state index in [0.29, 0.717) is 67.2 Å². The number of halogens is 2. The zero-order valence-corrected chi connectivity index (χ0v) is 27.6. The minimum Gasteiger partial charge on any atom is -0.449 e. The third kappa shape index (κ3) is 6.44. The fraction of sp³-hybridized carbons (Fsp3) is 0.500. The Kier molecular flexibility index (Phi) is 10.4. The van der Waals surface area contributed by atoms with E-state index in [2.05, 4.69) is 45.7 Å². The van der Waals surface area contributed by atoms with Crippen molar-refractivity contribution in [1.82, 2.24) is 19.9 Å². The molecule has 1 aliphatic rings. The molecule has 0 fully saturated rings. The van der Waals surface area contributed by atoms with E-state index in [0.717, 1.165) is 32.1 Å². The lowest BCUT2D eigenvalue weighted by atomic mass is 9.92. The number of benzene rings is 1. The van der Waals surface area contributed by atoms with Gasteiger partial charge in [-0.25, -0.2) is 0 Å². The van der Waals surface area contributed by atoms with Crippen molar-refractivity contribution < 1.29 is 18.4 Å². The topological polar surface area (TPSA) is 94.4 Å². The summed E-state index contributed by atoms with van der Waals surface area (Å²) in [6.07, 6.45) is 13.3. The quantitative estimate of drug-likeness (QED) is 0.0853. The van der Waals surface area contributed by atoms with E-state index >= 15 is 0 Å². The average Bonchev–Trinajstić information content (AvgIpc) is 3.75. The molecule has 1 aliphatic heterocycles. The minimum absolute atomic E-state index is 0.300. The zero-order valence-electron chi connectivity index (χ0n) is 24.4. The van der Waals surface area contributed by atoms with Crippen molar-refractivity contribution in [3.63, 3.8) is 0 Å². The second kappa shape index (κ2) is 14.2. The number of rotatable bonds is 16. The first-order valence-electron chi connectivity index (χ1n) is 15.3. The van der Waals surface area contributed by atoms with Gasteiger partial charge in [0.1, 0.15) is 22.6 Å². The van der Waals surface area contributed by atoms with Crippen LogP contribution >= 0.6 is 31.9 Å². The van der Waals surface area contributed by atoms with Crippen molar-refractivity contribution in [2.24, 2.45) is 0 Å². The number of carbonyl (C=O) groups is 2. The van der Waals surface area contributed by atoms with Crippen molar-refractivity contribution in [1.29, 1.82) is 0 Å². The van der Waals surface area contributed by atoms with Gasteiger partial charge in [-0.15, -0.1) is 0 Å². The summed E-state index contributed by atoms with van der Waals surface area (Å²) in [7, 11) is 0. The minimum atomic E-state index is -0.328. The molecule has 2 amide bonds. The Labute approximate surface area is 263 Å². The molecule has 4 aromatic rings. The van der Waals surface area contributed by atoms with Crippen LogP contribution in [0.15, 0.2) is 42.4 Å². The molecule has 0 N–H and O–H groups in total. The summed E-state index contributed by atoms with van der Waals surface area (Å²) in [4.78, 5) is 31.2. The maximum Gasteiger partial charge on any atom is 0.262 e. The number of hydrogen-bond acceptors (Lipinski definition) is 6. The molecule has 0 bridgehead atoms. The Morgan fingerprint density at radius 1 is 0.595 bits per heavy atom. The molecule has 42 heavy (non-hydrogen) atoms. The Morgan fingerprint density at radius 2 is 1.02 bits per heavy atom. The summed E-state index contributed by atoms with van der Waals surface area (Å²) in [6.45, 7) is 5.40. The fourth-order valence-electron chi connectivity index (χ4n) is 5.73. The predicted molar refractivity (Wildman–Crippen MR) is 170 cm³/mol. The van der Waals surface area contributed by atoms with E-state index in [1.807, 2.05) is 0 Å². The molecule has 3 aromatic heterocycles. The number of fused-ring (bicyclic) bond motifs is 2. The molecule has 0 radical (unpaired) electrons. The molecule has 1 aromatic carbocycles. The van der Waals surface area contributed by atoms with Gasteiger partial charge >= 0.3 is 0 Å². The molecule has 0 saturated carbocycles. The summed E-state index contributed by atoms with van der Waals surface area (Å²) < 4.78 is 13.0. The van der Waals surface area contributed by atoms with E-state index < -0.39 is 0 Å². The number of imide groups is 1. The van der Waals surface area contributed by atoms with Crippen LogP contribution in [-0.2, 0) is 6.54 Å². The van der Waals surface area contributed by atoms with Crippen LogP contribution in [0.25, 0.3) is 33.7 Å². The van der Waals surface area contributed by atoms with Gasteiger partial charge in [-0.1, -0.05) is 78.1 Å². The van der Waals surface area contributed by atoms with Crippen LogP contribution in [0.5, 0.6) is 0 Å². The van der Waals surface area contributed by atoms with Gasteiger partial charge in [0, 0.05) is 6.54 Å². The number of amides is 2. The summed E-state index contributed by atoms with van der Waals surface area (Å²) in [5.74, 6) is 0.268. The number of nitrogens with zero attached hydrogens (tertiary/aromatic N) is 4. The molecule has 0 saturated heterocycles. The average molecular weight is 702 g/mol. The van der Waals surface area contributed by atoms with Crippen LogP contribution in [0, 0.1) is 0 Å². The first-order valence-corrected chi connectivity index (χ1v) is 16.9. The third-order valence-corrected chi connectivity index (χ3v) is 8.74. The van der Waals surface area contributed by atoms with Crippen LogP contribution in [0.3, 0.4) is 0 Å². The second-order valence-corrected chi connectivity index (χ2v) is 12.6. The fourth-order valence-corrected chi connectivity index (χ4v) is 6.34. The maximum absolute atomic E-state index is 14.1. The lowest BCUT2D eigenvalue weighted by Crippen LogP contribution is -2.30. The molecule has 0 atom stereocenters. The molecule has 10 heteroatoms. The summed E-state index contributed by atoms with van der Waals surface area (Å²) in [5.41, 5.74) is 2.64. The van der Waals surface area contributed by atoms with Crippen LogP contribution in [0.4, 0.5) is 0 Å². The highest BCUT2D eigenvalue weighted by atomic mass is 79.9. The van der Waals surface area contributed by atoms with Gasteiger partial charge in [-0.05, 0) is 69.0 Å². The Bertz CT molecular complexity index is 1460. The Hall–Kier alpha value is -2.72. The molecular formula is C32H38Br2N4O4. The normalized spacial score (nSPS) is 13.2. The number of carbonyl (C=O) groups excluding carboxylic acids is 2. The third-order valence-electron chi connectivity index (χ3n) is 7.88. The molecule has 8 nitrogen and oxygen atoms in total. The highest BCUT2D eigenvalue weighted by Crippen LogP contribution is 2.45. The molecular weight excluding hydrogens is 664 g/mol. The monoisotopic (exact) mass is 700 g/mol. The molecule has 0 unspecified atom stereocenters. The van der Waals surface area contributed by atoms with Crippen molar-refractivity contribution in [2.75, 3.05) is 6.54 Å². The number of furan rings is 2. The van der Waals surface area contributed by atoms with E-state index in [1.54, 1.807) is 29.1 Å². The lowest BCUT2D eigenvalue weighted by Gasteiger charge is -2.13. The Morgan fingerprint density at radius 3 is 1.45 bits per heavy atom. The van der Waals surface area contributed by atoms with E-state index in [9.17, 15) is 9.59 Å². The number of unbranched alkanes of at least 4 members (excludes halogenated alkanes) is 10. The van der Waals surface area contributed by atoms with E-state index in [-0.39, 0.29) is 11.8 Å². The first-order chi connectivity index (χ1) is 20.4. The van der Waals surface area contributed by atoms with Crippen LogP contribution in [0.1, 0.15) is 112 Å². The summed E-state index contributed by atoms with van der Waals surface area (Å²) >= 11 is 6.80. The van der Waals surface area contributed by atoms with Gasteiger partial charge < -0.3 is 8.83 Å². The van der Waals surface area contributed by atoms with E-state index in [1.165, 1.54) is 49.8 Å². The smallest absolute Gasteiger partial charge is 0.262 e. The van der Waals surface area contributed by atoms with Crippen LogP contribution in [-0.4, -0.2) is 38.3 Å². The van der Waals surface area contributed by atoms with Gasteiger partial charge in [-0.3, -0.25) is 14.5 Å². The van der Waals surface area contributed by atoms with Gasteiger partial charge in [0.15, 0.2) is 9.34 Å². The maximum atomic E-state index is 14.1. The summed E-state index contributed by atoms with van der Waals surface area (Å²) in [5, 5.41) is 9.77. The summed E-state index contributed by atoms with van der Waals surface area (Å²) in [6, 6.07) is 7.15. The van der Waals surface area contributed by atoms with Crippen molar-refractivity contribution in [3.05, 3.63) is 44.7 Å². The van der Waals surface area contributed by atoms with Gasteiger partial charge in [0.05, 0.1) is 28.8 Å². The van der Waals surface area contributed by atoms with Crippen molar-refractivity contribution in [2.45, 2.75) is 97.4 Å². The first kappa shape index (κ1) is 30.7. The number of aromatic nitrogens is 3. The standard InChI is InChI=1S/C32H38Br2N4O4/c1-3-5-7-9-11-13-19-37-31(39)27-25(21-15-17-23(33)41-21)29-30(36-38(35-29)20-14-12-10-8-6-4-2)26(28(27)32(37)40)22-16-18-24(34)42-22/h15-18H,3-14,19-20H2,1-2H3. The van der Waals surface area contributed by atoms with Crippen LogP contribution < -0.4 is 0 Å². The highest BCUT2D eigenvalue weighted by Gasteiger charge is 2.43. The van der Waals surface area contributed by atoms with Crippen LogP contribution in [0.2, 0.25) is 0 Å². The molecule has 0 aliphatic carbocycles. The molecule has 5 rings (SSSR count). The van der Waals surface area contributed by atoms with Gasteiger partial charge in [0.25, 0.3) is 11.8 Å². The van der Waals surface area contributed by atoms with Gasteiger partial charge in [-0.2, -0.15) is 15.0 Å².